The van der Waals surface area contributed by atoms with Crippen LogP contribution in [0.4, 0.5) is 19.0 Å². The topological polar surface area (TPSA) is 47.1 Å². The number of hydrogen-bond acceptors (Lipinski definition) is 3. The van der Waals surface area contributed by atoms with Crippen LogP contribution >= 0.6 is 0 Å². The predicted octanol–water partition coefficient (Wildman–Crippen LogP) is 1.74. The van der Waals surface area contributed by atoms with Crippen molar-refractivity contribution in [1.29, 1.82) is 0 Å². The second-order valence-electron chi connectivity index (χ2n) is 4.66. The number of anilines is 1. The third kappa shape index (κ3) is 3.38. The van der Waals surface area contributed by atoms with Crippen molar-refractivity contribution in [2.75, 3.05) is 25.4 Å². The fraction of sp³-hybridized carbons (Fsp3) is 0.727. The number of halogens is 3. The molecule has 0 unspecified atom stereocenters. The summed E-state index contributed by atoms with van der Waals surface area (Å²) in [6.07, 6.45) is -1.87. The summed E-state index contributed by atoms with van der Waals surface area (Å²) in [5.41, 5.74) is 5.48. The van der Waals surface area contributed by atoms with Gasteiger partial charge in [-0.05, 0) is 32.0 Å². The number of nitrogens with two attached hydrogens (primary N) is 1. The lowest BCUT2D eigenvalue weighted by Gasteiger charge is -2.32. The number of alkyl halides is 3. The van der Waals surface area contributed by atoms with Crippen LogP contribution in [-0.2, 0) is 6.54 Å². The minimum Gasteiger partial charge on any atom is -0.382 e. The number of piperidine rings is 1. The summed E-state index contributed by atoms with van der Waals surface area (Å²) in [6, 6.07) is 1.70. The molecule has 0 aliphatic carbocycles. The van der Waals surface area contributed by atoms with Gasteiger partial charge in [0.25, 0.3) is 0 Å². The van der Waals surface area contributed by atoms with E-state index < -0.39 is 12.1 Å². The molecule has 2 N–H and O–H groups in total. The van der Waals surface area contributed by atoms with Gasteiger partial charge >= 0.3 is 6.18 Å². The molecule has 1 aromatic heterocycles. The van der Waals surface area contributed by atoms with Gasteiger partial charge in [0.1, 0.15) is 5.82 Å². The Morgan fingerprint density at radius 1 is 1.28 bits per heavy atom. The molecule has 102 valence electrons. The van der Waals surface area contributed by atoms with Gasteiger partial charge in [0.05, 0.1) is 12.5 Å². The van der Waals surface area contributed by atoms with Gasteiger partial charge in [0.15, 0.2) is 0 Å². The van der Waals surface area contributed by atoms with Gasteiger partial charge in [-0.1, -0.05) is 0 Å². The van der Waals surface area contributed by atoms with Crippen molar-refractivity contribution in [1.82, 2.24) is 14.7 Å². The second-order valence-corrected chi connectivity index (χ2v) is 4.66. The molecule has 1 fully saturated rings. The van der Waals surface area contributed by atoms with Crippen LogP contribution in [0.15, 0.2) is 12.3 Å². The third-order valence-electron chi connectivity index (χ3n) is 3.36. The average molecular weight is 262 g/mol. The smallest absolute Gasteiger partial charge is 0.382 e. The van der Waals surface area contributed by atoms with Crippen LogP contribution in [-0.4, -0.2) is 40.5 Å². The van der Waals surface area contributed by atoms with E-state index in [1.54, 1.807) is 16.9 Å². The van der Waals surface area contributed by atoms with Crippen LogP contribution in [0.5, 0.6) is 0 Å². The van der Waals surface area contributed by atoms with E-state index in [0.717, 1.165) is 0 Å². The zero-order chi connectivity index (χ0) is 13.2. The SMILES string of the molecule is Nc1ccn(CCN2CCC(C(F)(F)F)CC2)n1. The van der Waals surface area contributed by atoms with Crippen LogP contribution in [0.2, 0.25) is 0 Å². The predicted molar refractivity (Wildman–Crippen MR) is 61.9 cm³/mol. The number of nitrogen functional groups attached to an aromatic ring is 1. The second kappa shape index (κ2) is 5.17. The highest BCUT2D eigenvalue weighted by Gasteiger charge is 2.40. The molecule has 0 radical (unpaired) electrons. The zero-order valence-corrected chi connectivity index (χ0v) is 10.0. The van der Waals surface area contributed by atoms with E-state index in [-0.39, 0.29) is 12.8 Å². The van der Waals surface area contributed by atoms with Gasteiger partial charge in [0, 0.05) is 12.7 Å². The minimum atomic E-state index is -4.04. The Labute approximate surface area is 104 Å². The lowest BCUT2D eigenvalue weighted by Crippen LogP contribution is -2.40. The molecule has 0 amide bonds. The van der Waals surface area contributed by atoms with E-state index in [4.69, 9.17) is 5.73 Å². The lowest BCUT2D eigenvalue weighted by atomic mass is 9.96. The Bertz CT molecular complexity index is 380. The molecule has 2 rings (SSSR count). The van der Waals surface area contributed by atoms with Crippen molar-refractivity contribution < 1.29 is 13.2 Å². The Hall–Kier alpha value is -1.24. The highest BCUT2D eigenvalue weighted by Crippen LogP contribution is 2.33. The summed E-state index contributed by atoms with van der Waals surface area (Å²) < 4.78 is 39.1. The van der Waals surface area contributed by atoms with Crippen molar-refractivity contribution in [3.8, 4) is 0 Å². The fourth-order valence-corrected chi connectivity index (χ4v) is 2.23. The van der Waals surface area contributed by atoms with E-state index >= 15 is 0 Å². The Balaban J connectivity index is 1.74. The molecule has 0 atom stereocenters. The number of nitrogens with zero attached hydrogens (tertiary/aromatic N) is 3. The summed E-state index contributed by atoms with van der Waals surface area (Å²) in [6.45, 7) is 2.38. The average Bonchev–Trinajstić information content (AvgIpc) is 2.72. The summed E-state index contributed by atoms with van der Waals surface area (Å²) in [5, 5.41) is 4.04. The first-order chi connectivity index (χ1) is 8.45. The van der Waals surface area contributed by atoms with Crippen LogP contribution in [0.25, 0.3) is 0 Å². The van der Waals surface area contributed by atoms with E-state index in [0.29, 0.717) is 32.0 Å². The minimum absolute atomic E-state index is 0.199. The van der Waals surface area contributed by atoms with Crippen LogP contribution in [0.1, 0.15) is 12.8 Å². The molecule has 2 heterocycles. The van der Waals surface area contributed by atoms with Crippen molar-refractivity contribution in [2.24, 2.45) is 5.92 Å². The molecule has 18 heavy (non-hydrogen) atoms. The summed E-state index contributed by atoms with van der Waals surface area (Å²) in [5.74, 6) is -0.667. The lowest BCUT2D eigenvalue weighted by molar-refractivity contribution is -0.185. The highest BCUT2D eigenvalue weighted by atomic mass is 19.4. The monoisotopic (exact) mass is 262 g/mol. The van der Waals surface area contributed by atoms with Gasteiger partial charge in [-0.15, -0.1) is 0 Å². The Morgan fingerprint density at radius 2 is 1.94 bits per heavy atom. The van der Waals surface area contributed by atoms with Crippen molar-refractivity contribution in [3.05, 3.63) is 12.3 Å². The number of likely N-dealkylation sites (tertiary alicyclic amines) is 1. The number of aromatic nitrogens is 2. The van der Waals surface area contributed by atoms with E-state index in [9.17, 15) is 13.2 Å². The highest BCUT2D eigenvalue weighted by molar-refractivity contribution is 5.23. The van der Waals surface area contributed by atoms with Crippen LogP contribution in [0, 0.1) is 5.92 Å². The maximum absolute atomic E-state index is 12.5. The molecule has 0 spiro atoms. The summed E-state index contributed by atoms with van der Waals surface area (Å²) >= 11 is 0. The summed E-state index contributed by atoms with van der Waals surface area (Å²) in [7, 11) is 0. The van der Waals surface area contributed by atoms with E-state index in [1.807, 2.05) is 4.90 Å². The number of hydrogen-bond donors (Lipinski definition) is 1. The molecule has 0 saturated carbocycles. The molecule has 0 bridgehead atoms. The fourth-order valence-electron chi connectivity index (χ4n) is 2.23. The zero-order valence-electron chi connectivity index (χ0n) is 10.0. The van der Waals surface area contributed by atoms with Gasteiger partial charge in [-0.25, -0.2) is 0 Å². The summed E-state index contributed by atoms with van der Waals surface area (Å²) in [4.78, 5) is 2.04. The molecular formula is C11H17F3N4. The van der Waals surface area contributed by atoms with E-state index in [1.165, 1.54) is 0 Å². The maximum atomic E-state index is 12.5. The normalized spacial score (nSPS) is 19.3. The largest absolute Gasteiger partial charge is 0.391 e. The molecule has 4 nitrogen and oxygen atoms in total. The molecule has 1 saturated heterocycles. The molecule has 1 aliphatic rings. The molecule has 1 aliphatic heterocycles. The molecule has 1 aromatic rings. The first-order valence-electron chi connectivity index (χ1n) is 6.03. The van der Waals surface area contributed by atoms with E-state index in [2.05, 4.69) is 5.10 Å². The maximum Gasteiger partial charge on any atom is 0.391 e. The first kappa shape index (κ1) is 13.2. The Kier molecular flexibility index (Phi) is 3.79. The van der Waals surface area contributed by atoms with Crippen LogP contribution < -0.4 is 5.73 Å². The Morgan fingerprint density at radius 3 is 2.44 bits per heavy atom. The third-order valence-corrected chi connectivity index (χ3v) is 3.36. The molecule has 7 heteroatoms. The quantitative estimate of drug-likeness (QED) is 0.902. The van der Waals surface area contributed by atoms with Gasteiger partial charge in [-0.2, -0.15) is 18.3 Å². The van der Waals surface area contributed by atoms with Gasteiger partial charge < -0.3 is 10.6 Å². The van der Waals surface area contributed by atoms with Crippen LogP contribution in [0.3, 0.4) is 0 Å². The van der Waals surface area contributed by atoms with Gasteiger partial charge in [0.2, 0.25) is 0 Å². The van der Waals surface area contributed by atoms with Crippen molar-refractivity contribution in [2.45, 2.75) is 25.6 Å². The standard InChI is InChI=1S/C11H17F3N4/c12-11(13,14)9-1-4-17(5-2-9)7-8-18-6-3-10(15)16-18/h3,6,9H,1-2,4-5,7-8H2,(H2,15,16). The van der Waals surface area contributed by atoms with Gasteiger partial charge in [-0.3, -0.25) is 4.68 Å². The number of rotatable bonds is 3. The van der Waals surface area contributed by atoms with Crippen molar-refractivity contribution >= 4 is 5.82 Å². The molecular weight excluding hydrogens is 245 g/mol. The first-order valence-corrected chi connectivity index (χ1v) is 6.03. The molecule has 0 aromatic carbocycles. The van der Waals surface area contributed by atoms with Crippen molar-refractivity contribution in [3.63, 3.8) is 0 Å².